The van der Waals surface area contributed by atoms with E-state index in [-0.39, 0.29) is 29.4 Å². The van der Waals surface area contributed by atoms with Crippen molar-refractivity contribution in [1.82, 2.24) is 20.2 Å². The van der Waals surface area contributed by atoms with Crippen LogP contribution in [0.3, 0.4) is 0 Å². The van der Waals surface area contributed by atoms with Gasteiger partial charge in [-0.1, -0.05) is 23.7 Å². The van der Waals surface area contributed by atoms with Gasteiger partial charge >= 0.3 is 6.09 Å². The smallest absolute Gasteiger partial charge is 0.410 e. The van der Waals surface area contributed by atoms with Crippen molar-refractivity contribution in [3.63, 3.8) is 0 Å². The third-order valence-corrected chi connectivity index (χ3v) is 6.62. The van der Waals surface area contributed by atoms with Gasteiger partial charge in [0.1, 0.15) is 17.2 Å². The Hall–Kier alpha value is -3.54. The first-order valence-corrected chi connectivity index (χ1v) is 14.1. The molecule has 228 valence electrons. The number of methoxy groups -OCH3 is 1. The fourth-order valence-electron chi connectivity index (χ4n) is 3.95. The molecule has 2 aromatic carbocycles. The molecule has 0 bridgehead atoms. The molecule has 0 saturated carbocycles. The van der Waals surface area contributed by atoms with Gasteiger partial charge in [-0.2, -0.15) is 0 Å². The molecule has 1 saturated heterocycles. The lowest BCUT2D eigenvalue weighted by atomic mass is 10.0. The van der Waals surface area contributed by atoms with Gasteiger partial charge < -0.3 is 29.3 Å². The zero-order chi connectivity index (χ0) is 30.9. The minimum Gasteiger partial charge on any atom is -0.444 e. The van der Waals surface area contributed by atoms with Crippen LogP contribution in [0.15, 0.2) is 42.6 Å². The number of nitrogens with one attached hydrogen (secondary N) is 1. The quantitative estimate of drug-likeness (QED) is 0.390. The molecular formula is C30H39ClFN5O5. The standard InChI is InChI=1S/C24H35N5O5.C6H4ClF/c1-16(32-6)18-13-17(22(30)25-7-8-28(5)23(31)34-24(2,3)4)14-19-21(18)27-20(15-26-19)29-9-11-33-12-10-29;7-5-3-1-2-4-6(5)8/h13-16H,7-12H2,1-6H3,(H,25,30);1-4H. The van der Waals surface area contributed by atoms with Gasteiger partial charge in [-0.25, -0.2) is 14.2 Å². The highest BCUT2D eigenvalue weighted by Gasteiger charge is 2.21. The van der Waals surface area contributed by atoms with Crippen LogP contribution in [0, 0.1) is 5.82 Å². The van der Waals surface area contributed by atoms with Gasteiger partial charge in [-0.15, -0.1) is 0 Å². The van der Waals surface area contributed by atoms with E-state index in [2.05, 4.69) is 15.2 Å². The highest BCUT2D eigenvalue weighted by atomic mass is 35.5. The number of anilines is 1. The molecule has 0 radical (unpaired) electrons. The maximum Gasteiger partial charge on any atom is 0.410 e. The lowest BCUT2D eigenvalue weighted by Crippen LogP contribution is -2.39. The van der Waals surface area contributed by atoms with E-state index in [4.69, 9.17) is 30.8 Å². The van der Waals surface area contributed by atoms with Gasteiger partial charge in [-0.05, 0) is 52.0 Å². The molecule has 0 aliphatic carbocycles. The van der Waals surface area contributed by atoms with Gasteiger partial charge in [0.25, 0.3) is 5.91 Å². The Morgan fingerprint density at radius 3 is 2.50 bits per heavy atom. The molecule has 2 amide bonds. The Labute approximate surface area is 251 Å². The van der Waals surface area contributed by atoms with Crippen LogP contribution in [-0.4, -0.2) is 86.0 Å². The molecule has 1 unspecified atom stereocenters. The van der Waals surface area contributed by atoms with E-state index in [1.165, 1.54) is 17.0 Å². The van der Waals surface area contributed by atoms with E-state index in [1.807, 2.05) is 27.7 Å². The van der Waals surface area contributed by atoms with Crippen LogP contribution in [-0.2, 0) is 14.2 Å². The van der Waals surface area contributed by atoms with E-state index in [1.54, 1.807) is 44.6 Å². The van der Waals surface area contributed by atoms with E-state index >= 15 is 0 Å². The SMILES string of the molecule is COC(C)c1cc(C(=O)NCCN(C)C(=O)OC(C)(C)C)cc2ncc(N3CCOCC3)nc12.Fc1ccccc1Cl. The normalized spacial score (nSPS) is 14.0. The van der Waals surface area contributed by atoms with E-state index in [0.29, 0.717) is 36.4 Å². The summed E-state index contributed by atoms with van der Waals surface area (Å²) in [6.45, 7) is 10.8. The number of likely N-dealkylation sites (N-methyl/N-ethyl adjacent to an activating group) is 1. The number of carbonyl (C=O) groups is 2. The molecule has 4 rings (SSSR count). The van der Waals surface area contributed by atoms with E-state index < -0.39 is 11.7 Å². The summed E-state index contributed by atoms with van der Waals surface area (Å²) in [5.41, 5.74) is 2.00. The fourth-order valence-corrected chi connectivity index (χ4v) is 4.09. The Balaban J connectivity index is 0.000000521. The summed E-state index contributed by atoms with van der Waals surface area (Å²) in [5, 5.41) is 3.03. The lowest BCUT2D eigenvalue weighted by molar-refractivity contribution is 0.0299. The summed E-state index contributed by atoms with van der Waals surface area (Å²) >= 11 is 5.33. The van der Waals surface area contributed by atoms with Crippen LogP contribution in [0.2, 0.25) is 5.02 Å². The number of morpholine rings is 1. The number of rotatable bonds is 7. The zero-order valence-corrected chi connectivity index (χ0v) is 25.7. The molecule has 0 spiro atoms. The molecule has 10 nitrogen and oxygen atoms in total. The van der Waals surface area contributed by atoms with Crippen molar-refractivity contribution in [1.29, 1.82) is 0 Å². The number of hydrogen-bond acceptors (Lipinski definition) is 8. The maximum atomic E-state index is 12.9. The van der Waals surface area contributed by atoms with Crippen molar-refractivity contribution in [2.45, 2.75) is 39.4 Å². The summed E-state index contributed by atoms with van der Waals surface area (Å²) in [7, 11) is 3.26. The molecule has 3 aromatic rings. The van der Waals surface area contributed by atoms with Crippen LogP contribution in [0.25, 0.3) is 11.0 Å². The Morgan fingerprint density at radius 1 is 1.21 bits per heavy atom. The monoisotopic (exact) mass is 603 g/mol. The average molecular weight is 604 g/mol. The number of fused-ring (bicyclic) bond motifs is 1. The Bertz CT molecular complexity index is 1340. The predicted octanol–water partition coefficient (Wildman–Crippen LogP) is 5.25. The van der Waals surface area contributed by atoms with Gasteiger partial charge in [0.05, 0.1) is 41.6 Å². The van der Waals surface area contributed by atoms with Crippen LogP contribution < -0.4 is 10.2 Å². The van der Waals surface area contributed by atoms with Gasteiger partial charge in [-0.3, -0.25) is 9.78 Å². The number of hydrogen-bond donors (Lipinski definition) is 1. The van der Waals surface area contributed by atoms with Crippen molar-refractivity contribution < 1.29 is 28.2 Å². The first-order valence-electron chi connectivity index (χ1n) is 13.7. The summed E-state index contributed by atoms with van der Waals surface area (Å²) in [5.74, 6) is 0.153. The second-order valence-corrected chi connectivity index (χ2v) is 11.1. The van der Waals surface area contributed by atoms with Crippen LogP contribution in [0.4, 0.5) is 15.0 Å². The topological polar surface area (TPSA) is 106 Å². The number of halogens is 2. The minimum atomic E-state index is -0.573. The zero-order valence-electron chi connectivity index (χ0n) is 24.9. The highest BCUT2D eigenvalue weighted by molar-refractivity contribution is 6.30. The maximum absolute atomic E-state index is 12.9. The highest BCUT2D eigenvalue weighted by Crippen LogP contribution is 2.27. The number of benzene rings is 2. The third-order valence-electron chi connectivity index (χ3n) is 6.32. The van der Waals surface area contributed by atoms with Crippen molar-refractivity contribution >= 4 is 40.5 Å². The average Bonchev–Trinajstić information content (AvgIpc) is 2.97. The van der Waals surface area contributed by atoms with Crippen molar-refractivity contribution in [3.05, 3.63) is 64.6 Å². The van der Waals surface area contributed by atoms with Crippen molar-refractivity contribution in [2.24, 2.45) is 0 Å². The molecule has 1 aliphatic heterocycles. The van der Waals surface area contributed by atoms with E-state index in [9.17, 15) is 14.0 Å². The first kappa shape index (κ1) is 33.0. The Morgan fingerprint density at radius 2 is 1.90 bits per heavy atom. The summed E-state index contributed by atoms with van der Waals surface area (Å²) < 4.78 is 28.5. The van der Waals surface area contributed by atoms with Gasteiger partial charge in [0, 0.05) is 51.5 Å². The number of aromatic nitrogens is 2. The second-order valence-electron chi connectivity index (χ2n) is 10.7. The minimum absolute atomic E-state index is 0.174. The molecule has 42 heavy (non-hydrogen) atoms. The van der Waals surface area contributed by atoms with Crippen LogP contribution in [0.5, 0.6) is 0 Å². The summed E-state index contributed by atoms with van der Waals surface area (Å²) in [6.07, 6.45) is 1.02. The molecular weight excluding hydrogens is 565 g/mol. The number of carbonyl (C=O) groups excluding carboxylic acids is 2. The van der Waals surface area contributed by atoms with Crippen LogP contribution >= 0.6 is 11.6 Å². The van der Waals surface area contributed by atoms with Crippen LogP contribution in [0.1, 0.15) is 49.7 Å². The van der Waals surface area contributed by atoms with Gasteiger partial charge in [0.15, 0.2) is 0 Å². The number of ether oxygens (including phenoxy) is 3. The van der Waals surface area contributed by atoms with Gasteiger partial charge in [0.2, 0.25) is 0 Å². The molecule has 1 N–H and O–H groups in total. The number of nitrogens with zero attached hydrogens (tertiary/aromatic N) is 4. The second kappa shape index (κ2) is 15.1. The molecule has 1 atom stereocenters. The lowest BCUT2D eigenvalue weighted by Gasteiger charge is -2.28. The molecule has 1 fully saturated rings. The van der Waals surface area contributed by atoms with E-state index in [0.717, 1.165) is 24.5 Å². The molecule has 1 aliphatic rings. The fraction of sp³-hybridized carbons (Fsp3) is 0.467. The summed E-state index contributed by atoms with van der Waals surface area (Å²) in [6, 6.07) is 9.64. The number of amides is 2. The third kappa shape index (κ3) is 9.50. The summed E-state index contributed by atoms with van der Waals surface area (Å²) in [4.78, 5) is 38.0. The van der Waals surface area contributed by atoms with Crippen molar-refractivity contribution in [3.8, 4) is 0 Å². The van der Waals surface area contributed by atoms with Crippen molar-refractivity contribution in [2.75, 3.05) is 58.5 Å². The molecule has 2 heterocycles. The molecule has 12 heteroatoms. The molecule has 1 aromatic heterocycles. The Kier molecular flexibility index (Phi) is 11.8. The predicted molar refractivity (Wildman–Crippen MR) is 161 cm³/mol. The first-order chi connectivity index (χ1) is 19.9. The largest absolute Gasteiger partial charge is 0.444 e.